The standard InChI is InChI=1S/C15H19F2N5O/c1-15(16,17)11-23-12-4-9-21(10-5-12)14-18-7-3-13(20-14)22-8-2-6-19-22/h2-3,6-8,12H,4-5,9-11H2,1H3. The molecule has 0 bridgehead atoms. The van der Waals surface area contributed by atoms with E-state index < -0.39 is 12.5 Å². The van der Waals surface area contributed by atoms with Crippen molar-refractivity contribution >= 4 is 5.95 Å². The number of ether oxygens (including phenoxy) is 1. The second-order valence-corrected chi connectivity index (χ2v) is 5.73. The van der Waals surface area contributed by atoms with E-state index >= 15 is 0 Å². The lowest BCUT2D eigenvalue weighted by molar-refractivity contribution is -0.0914. The highest BCUT2D eigenvalue weighted by molar-refractivity contribution is 5.35. The summed E-state index contributed by atoms with van der Waals surface area (Å²) >= 11 is 0. The summed E-state index contributed by atoms with van der Waals surface area (Å²) in [4.78, 5) is 10.8. The summed E-state index contributed by atoms with van der Waals surface area (Å²) in [6.07, 6.45) is 6.44. The van der Waals surface area contributed by atoms with E-state index in [4.69, 9.17) is 4.74 Å². The lowest BCUT2D eigenvalue weighted by atomic mass is 10.1. The van der Waals surface area contributed by atoms with E-state index in [1.54, 1.807) is 23.1 Å². The van der Waals surface area contributed by atoms with Gasteiger partial charge >= 0.3 is 0 Å². The average molecular weight is 323 g/mol. The maximum absolute atomic E-state index is 12.8. The molecule has 6 nitrogen and oxygen atoms in total. The molecule has 3 heterocycles. The van der Waals surface area contributed by atoms with Crippen molar-refractivity contribution < 1.29 is 13.5 Å². The summed E-state index contributed by atoms with van der Waals surface area (Å²) in [6.45, 7) is 1.71. The summed E-state index contributed by atoms with van der Waals surface area (Å²) < 4.78 is 32.6. The van der Waals surface area contributed by atoms with Crippen LogP contribution in [0.15, 0.2) is 30.7 Å². The van der Waals surface area contributed by atoms with Crippen LogP contribution in [0.25, 0.3) is 5.82 Å². The maximum Gasteiger partial charge on any atom is 0.268 e. The van der Waals surface area contributed by atoms with Crippen LogP contribution in [0.4, 0.5) is 14.7 Å². The van der Waals surface area contributed by atoms with Crippen LogP contribution in [0.3, 0.4) is 0 Å². The van der Waals surface area contributed by atoms with Crippen LogP contribution in [0.5, 0.6) is 0 Å². The quantitative estimate of drug-likeness (QED) is 0.845. The Bertz CT molecular complexity index is 621. The number of nitrogens with zero attached hydrogens (tertiary/aromatic N) is 5. The van der Waals surface area contributed by atoms with Crippen molar-refractivity contribution in [3.05, 3.63) is 30.7 Å². The van der Waals surface area contributed by atoms with Crippen molar-refractivity contribution in [2.24, 2.45) is 0 Å². The van der Waals surface area contributed by atoms with Crippen LogP contribution >= 0.6 is 0 Å². The van der Waals surface area contributed by atoms with Gasteiger partial charge in [-0.2, -0.15) is 10.1 Å². The molecular weight excluding hydrogens is 304 g/mol. The predicted molar refractivity (Wildman–Crippen MR) is 81.0 cm³/mol. The SMILES string of the molecule is CC(F)(F)COC1CCN(c2nccc(-n3cccn3)n2)CC1. The maximum atomic E-state index is 12.8. The Morgan fingerprint density at radius 1 is 1.30 bits per heavy atom. The molecule has 1 saturated heterocycles. The third-order valence-electron chi connectivity index (χ3n) is 3.66. The van der Waals surface area contributed by atoms with Gasteiger partial charge in [-0.3, -0.25) is 0 Å². The highest BCUT2D eigenvalue weighted by Gasteiger charge is 2.27. The Morgan fingerprint density at radius 3 is 2.74 bits per heavy atom. The van der Waals surface area contributed by atoms with Gasteiger partial charge in [-0.05, 0) is 18.9 Å². The van der Waals surface area contributed by atoms with Crippen molar-refractivity contribution in [3.63, 3.8) is 0 Å². The zero-order valence-electron chi connectivity index (χ0n) is 12.9. The molecule has 2 aromatic rings. The Balaban J connectivity index is 1.59. The van der Waals surface area contributed by atoms with Gasteiger partial charge in [0.15, 0.2) is 5.82 Å². The monoisotopic (exact) mass is 323 g/mol. The minimum atomic E-state index is -2.78. The van der Waals surface area contributed by atoms with Gasteiger partial charge in [0, 0.05) is 44.7 Å². The molecule has 0 saturated carbocycles. The molecule has 1 fully saturated rings. The number of rotatable bonds is 5. The molecule has 23 heavy (non-hydrogen) atoms. The molecule has 0 aromatic carbocycles. The first-order valence-electron chi connectivity index (χ1n) is 7.59. The van der Waals surface area contributed by atoms with Crippen molar-refractivity contribution in [2.45, 2.75) is 31.8 Å². The van der Waals surface area contributed by atoms with Gasteiger partial charge in [-0.25, -0.2) is 18.4 Å². The van der Waals surface area contributed by atoms with Crippen LogP contribution in [-0.2, 0) is 4.74 Å². The molecule has 0 N–H and O–H groups in total. The number of aromatic nitrogens is 4. The molecule has 0 amide bonds. The van der Waals surface area contributed by atoms with E-state index in [1.807, 2.05) is 17.2 Å². The van der Waals surface area contributed by atoms with Crippen molar-refractivity contribution in [3.8, 4) is 5.82 Å². The first-order chi connectivity index (χ1) is 11.0. The number of hydrogen-bond acceptors (Lipinski definition) is 5. The minimum Gasteiger partial charge on any atom is -0.372 e. The van der Waals surface area contributed by atoms with E-state index in [1.165, 1.54) is 0 Å². The molecule has 0 atom stereocenters. The van der Waals surface area contributed by atoms with E-state index in [9.17, 15) is 8.78 Å². The second-order valence-electron chi connectivity index (χ2n) is 5.73. The summed E-state index contributed by atoms with van der Waals surface area (Å²) in [5, 5.41) is 4.15. The summed E-state index contributed by atoms with van der Waals surface area (Å²) in [6, 6.07) is 3.61. The first kappa shape index (κ1) is 15.8. The number of alkyl halides is 2. The topological polar surface area (TPSA) is 56.1 Å². The average Bonchev–Trinajstić information content (AvgIpc) is 3.07. The predicted octanol–water partition coefficient (Wildman–Crippen LogP) is 2.30. The molecule has 0 spiro atoms. The highest BCUT2D eigenvalue weighted by Crippen LogP contribution is 2.21. The molecule has 124 valence electrons. The van der Waals surface area contributed by atoms with Crippen LogP contribution in [0.2, 0.25) is 0 Å². The molecular formula is C15H19F2N5O. The van der Waals surface area contributed by atoms with Crippen LogP contribution in [-0.4, -0.2) is 51.5 Å². The Hall–Kier alpha value is -2.09. The normalized spacial score (nSPS) is 16.7. The zero-order valence-corrected chi connectivity index (χ0v) is 12.9. The van der Waals surface area contributed by atoms with Crippen LogP contribution in [0.1, 0.15) is 19.8 Å². The number of halogens is 2. The summed E-state index contributed by atoms with van der Waals surface area (Å²) in [5.74, 6) is -1.46. The number of hydrogen-bond donors (Lipinski definition) is 0. The zero-order chi connectivity index (χ0) is 16.3. The third kappa shape index (κ3) is 4.22. The first-order valence-corrected chi connectivity index (χ1v) is 7.59. The Kier molecular flexibility index (Phi) is 4.51. The molecule has 8 heteroatoms. The lowest BCUT2D eigenvalue weighted by Crippen LogP contribution is -2.39. The minimum absolute atomic E-state index is 0.133. The molecule has 1 aliphatic heterocycles. The summed E-state index contributed by atoms with van der Waals surface area (Å²) in [7, 11) is 0. The van der Waals surface area contributed by atoms with E-state index in [2.05, 4.69) is 15.1 Å². The molecule has 0 unspecified atom stereocenters. The Labute approximate surface area is 133 Å². The fraction of sp³-hybridized carbons (Fsp3) is 0.533. The lowest BCUT2D eigenvalue weighted by Gasteiger charge is -2.32. The fourth-order valence-corrected chi connectivity index (χ4v) is 2.51. The van der Waals surface area contributed by atoms with Gasteiger partial charge in [0.25, 0.3) is 5.92 Å². The highest BCUT2D eigenvalue weighted by atomic mass is 19.3. The van der Waals surface area contributed by atoms with Gasteiger partial charge in [0.1, 0.15) is 6.61 Å². The van der Waals surface area contributed by atoms with Crippen molar-refractivity contribution in [1.82, 2.24) is 19.7 Å². The van der Waals surface area contributed by atoms with Crippen LogP contribution < -0.4 is 4.90 Å². The molecule has 2 aromatic heterocycles. The molecule has 0 aliphatic carbocycles. The van der Waals surface area contributed by atoms with Gasteiger partial charge in [-0.15, -0.1) is 0 Å². The number of anilines is 1. The number of piperidine rings is 1. The second kappa shape index (κ2) is 6.57. The third-order valence-corrected chi connectivity index (χ3v) is 3.66. The van der Waals surface area contributed by atoms with E-state index in [0.29, 0.717) is 37.7 Å². The molecule has 3 rings (SSSR count). The molecule has 0 radical (unpaired) electrons. The van der Waals surface area contributed by atoms with Crippen molar-refractivity contribution in [1.29, 1.82) is 0 Å². The smallest absolute Gasteiger partial charge is 0.268 e. The van der Waals surface area contributed by atoms with E-state index in [0.717, 1.165) is 6.92 Å². The van der Waals surface area contributed by atoms with E-state index in [-0.39, 0.29) is 6.10 Å². The van der Waals surface area contributed by atoms with Gasteiger partial charge in [0.2, 0.25) is 5.95 Å². The molecule has 1 aliphatic rings. The largest absolute Gasteiger partial charge is 0.372 e. The van der Waals surface area contributed by atoms with Crippen molar-refractivity contribution in [2.75, 3.05) is 24.6 Å². The van der Waals surface area contributed by atoms with Crippen LogP contribution in [0, 0.1) is 0 Å². The fourth-order valence-electron chi connectivity index (χ4n) is 2.51. The summed E-state index contributed by atoms with van der Waals surface area (Å²) in [5.41, 5.74) is 0. The Morgan fingerprint density at radius 2 is 2.09 bits per heavy atom. The van der Waals surface area contributed by atoms with Gasteiger partial charge in [-0.1, -0.05) is 0 Å². The van der Waals surface area contributed by atoms with Gasteiger partial charge in [0.05, 0.1) is 6.10 Å². The van der Waals surface area contributed by atoms with Gasteiger partial charge < -0.3 is 9.64 Å².